The second-order valence-electron chi connectivity index (χ2n) is 15.2. The largest absolute Gasteiger partial charge is 0.208 e. The van der Waals surface area contributed by atoms with E-state index in [2.05, 4.69) is 129 Å². The fourth-order valence-corrected chi connectivity index (χ4v) is 8.84. The van der Waals surface area contributed by atoms with Gasteiger partial charge in [-0.1, -0.05) is 178 Å². The lowest BCUT2D eigenvalue weighted by atomic mass is 9.81. The number of benzene rings is 9. The molecule has 3 heteroatoms. The molecule has 0 aliphatic heterocycles. The molecule has 0 bridgehead atoms. The van der Waals surface area contributed by atoms with E-state index in [-0.39, 0.29) is 5.41 Å². The maximum absolute atomic E-state index is 4.93. The molecule has 0 amide bonds. The first-order chi connectivity index (χ1) is 27.0. The van der Waals surface area contributed by atoms with E-state index in [1.807, 2.05) is 60.7 Å². The minimum atomic E-state index is -0.127. The van der Waals surface area contributed by atoms with Crippen LogP contribution in [-0.2, 0) is 5.41 Å². The molecule has 9 aromatic carbocycles. The van der Waals surface area contributed by atoms with Crippen molar-refractivity contribution >= 4 is 32.3 Å². The summed E-state index contributed by atoms with van der Waals surface area (Å²) in [6.07, 6.45) is 0. The van der Waals surface area contributed by atoms with Crippen molar-refractivity contribution in [3.8, 4) is 67.5 Å². The smallest absolute Gasteiger partial charge is 0.164 e. The van der Waals surface area contributed by atoms with Crippen LogP contribution in [0.15, 0.2) is 176 Å². The van der Waals surface area contributed by atoms with Gasteiger partial charge in [0.1, 0.15) is 0 Å². The predicted molar refractivity (Wildman–Crippen MR) is 228 cm³/mol. The normalized spacial score (nSPS) is 13.1. The van der Waals surface area contributed by atoms with Crippen molar-refractivity contribution in [3.63, 3.8) is 0 Å². The molecule has 3 nitrogen and oxygen atoms in total. The van der Waals surface area contributed by atoms with Crippen LogP contribution in [0.4, 0.5) is 0 Å². The van der Waals surface area contributed by atoms with Crippen molar-refractivity contribution < 1.29 is 0 Å². The third-order valence-corrected chi connectivity index (χ3v) is 11.7. The third-order valence-electron chi connectivity index (χ3n) is 11.7. The van der Waals surface area contributed by atoms with Crippen molar-refractivity contribution in [1.82, 2.24) is 15.0 Å². The fourth-order valence-electron chi connectivity index (χ4n) is 8.84. The van der Waals surface area contributed by atoms with Crippen LogP contribution in [0, 0.1) is 0 Å². The van der Waals surface area contributed by atoms with Crippen LogP contribution in [-0.4, -0.2) is 15.0 Å². The molecular weight excluding hydrogens is 667 g/mol. The number of aromatic nitrogens is 3. The highest BCUT2D eigenvalue weighted by Gasteiger charge is 2.36. The number of nitrogens with zero attached hydrogens (tertiary/aromatic N) is 3. The van der Waals surface area contributed by atoms with Crippen molar-refractivity contribution in [2.45, 2.75) is 19.3 Å². The molecule has 0 N–H and O–H groups in total. The molecule has 1 aliphatic carbocycles. The Morgan fingerprint density at radius 3 is 1.49 bits per heavy atom. The monoisotopic (exact) mass is 701 g/mol. The fraction of sp³-hybridized carbons (Fsp3) is 0.0577. The Balaban J connectivity index is 0.960. The molecule has 1 aromatic heterocycles. The highest BCUT2D eigenvalue weighted by molar-refractivity contribution is 6.25. The number of rotatable bonds is 5. The summed E-state index contributed by atoms with van der Waals surface area (Å²) < 4.78 is 0. The summed E-state index contributed by atoms with van der Waals surface area (Å²) in [5, 5.41) is 7.91. The van der Waals surface area contributed by atoms with E-state index in [9.17, 15) is 0 Å². The van der Waals surface area contributed by atoms with Crippen LogP contribution in [0.3, 0.4) is 0 Å². The zero-order valence-electron chi connectivity index (χ0n) is 30.6. The number of hydrogen-bond acceptors (Lipinski definition) is 3. The van der Waals surface area contributed by atoms with E-state index in [0.29, 0.717) is 17.5 Å². The van der Waals surface area contributed by atoms with Crippen molar-refractivity contribution in [1.29, 1.82) is 0 Å². The van der Waals surface area contributed by atoms with Gasteiger partial charge < -0.3 is 0 Å². The number of fused-ring (bicyclic) bond motifs is 3. The number of hydrogen-bond donors (Lipinski definition) is 0. The second-order valence-corrected chi connectivity index (χ2v) is 15.2. The lowest BCUT2D eigenvalue weighted by Gasteiger charge is -2.22. The molecule has 55 heavy (non-hydrogen) atoms. The minimum absolute atomic E-state index is 0.127. The van der Waals surface area contributed by atoms with Crippen molar-refractivity contribution in [2.75, 3.05) is 0 Å². The molecule has 0 atom stereocenters. The van der Waals surface area contributed by atoms with Gasteiger partial charge in [-0.05, 0) is 89.0 Å². The summed E-state index contributed by atoms with van der Waals surface area (Å²) in [4.78, 5) is 14.7. The van der Waals surface area contributed by atoms with Gasteiger partial charge >= 0.3 is 0 Å². The lowest BCUT2D eigenvalue weighted by Crippen LogP contribution is -2.15. The van der Waals surface area contributed by atoms with Gasteiger partial charge in [0.25, 0.3) is 0 Å². The van der Waals surface area contributed by atoms with Crippen LogP contribution < -0.4 is 0 Å². The topological polar surface area (TPSA) is 38.7 Å². The first kappa shape index (κ1) is 31.5. The summed E-state index contributed by atoms with van der Waals surface area (Å²) in [6, 6.07) is 63.2. The molecule has 10 aromatic rings. The van der Waals surface area contributed by atoms with Crippen LogP contribution in [0.1, 0.15) is 25.0 Å². The van der Waals surface area contributed by atoms with E-state index in [0.717, 1.165) is 22.3 Å². The molecular formula is C52H35N3. The molecule has 0 fully saturated rings. The van der Waals surface area contributed by atoms with Gasteiger partial charge in [0.15, 0.2) is 17.5 Å². The van der Waals surface area contributed by atoms with E-state index < -0.39 is 0 Å². The van der Waals surface area contributed by atoms with Gasteiger partial charge in [-0.3, -0.25) is 0 Å². The first-order valence-corrected chi connectivity index (χ1v) is 18.9. The van der Waals surface area contributed by atoms with Gasteiger partial charge in [-0.25, -0.2) is 15.0 Å². The summed E-state index contributed by atoms with van der Waals surface area (Å²) in [6.45, 7) is 4.73. The molecule has 0 saturated heterocycles. The predicted octanol–water partition coefficient (Wildman–Crippen LogP) is 13.4. The Labute approximate surface area is 320 Å². The van der Waals surface area contributed by atoms with Gasteiger partial charge in [-0.15, -0.1) is 0 Å². The second kappa shape index (κ2) is 12.0. The highest BCUT2D eigenvalue weighted by Crippen LogP contribution is 2.51. The third kappa shape index (κ3) is 5.01. The lowest BCUT2D eigenvalue weighted by molar-refractivity contribution is 0.660. The van der Waals surface area contributed by atoms with Crippen LogP contribution in [0.2, 0.25) is 0 Å². The zero-order valence-corrected chi connectivity index (χ0v) is 30.6. The molecule has 0 unspecified atom stereocenters. The molecule has 0 saturated carbocycles. The van der Waals surface area contributed by atoms with Gasteiger partial charge in [0, 0.05) is 22.1 Å². The maximum Gasteiger partial charge on any atom is 0.164 e. The van der Waals surface area contributed by atoms with E-state index in [4.69, 9.17) is 15.0 Å². The SMILES string of the molecule is CC1(C)c2ccc(-c3ccc(-c4nc(-c5ccccc5)nc(-c5ccccc5)n4)cc3)cc2-c2ccc(-c3ccc4ccc5cccc6ccc3c4c56)cc21. The van der Waals surface area contributed by atoms with Crippen molar-refractivity contribution in [3.05, 3.63) is 187 Å². The molecule has 1 aliphatic rings. The Morgan fingerprint density at radius 1 is 0.327 bits per heavy atom. The summed E-state index contributed by atoms with van der Waals surface area (Å²) in [5.74, 6) is 1.98. The van der Waals surface area contributed by atoms with Gasteiger partial charge in [-0.2, -0.15) is 0 Å². The molecule has 11 rings (SSSR count). The van der Waals surface area contributed by atoms with Crippen LogP contribution in [0.5, 0.6) is 0 Å². The standard InChI is InChI=1S/C52H35N3/c1-52(2)45-29-25-39(32-16-20-38(21-17-32)51-54-49(36-10-5-3-6-11-36)53-50(55-51)37-12-7-4-8-13-37)30-44(45)42-27-24-40(31-46(42)52)41-26-22-35-19-18-33-14-9-15-34-23-28-43(41)48(35)47(33)34/h3-31H,1-2H3. The zero-order chi connectivity index (χ0) is 36.7. The minimum Gasteiger partial charge on any atom is -0.208 e. The highest BCUT2D eigenvalue weighted by atomic mass is 15.0. The maximum atomic E-state index is 4.93. The van der Waals surface area contributed by atoms with Gasteiger partial charge in [0.05, 0.1) is 0 Å². The average Bonchev–Trinajstić information content (AvgIpc) is 3.48. The summed E-state index contributed by atoms with van der Waals surface area (Å²) in [7, 11) is 0. The molecule has 0 spiro atoms. The Hall–Kier alpha value is -6.97. The van der Waals surface area contributed by atoms with E-state index >= 15 is 0 Å². The molecule has 258 valence electrons. The van der Waals surface area contributed by atoms with E-state index in [1.54, 1.807) is 0 Å². The first-order valence-electron chi connectivity index (χ1n) is 18.9. The quantitative estimate of drug-likeness (QED) is 0.168. The summed E-state index contributed by atoms with van der Waals surface area (Å²) >= 11 is 0. The molecule has 0 radical (unpaired) electrons. The van der Waals surface area contributed by atoms with Gasteiger partial charge in [0.2, 0.25) is 0 Å². The van der Waals surface area contributed by atoms with Crippen LogP contribution >= 0.6 is 0 Å². The van der Waals surface area contributed by atoms with Crippen molar-refractivity contribution in [2.24, 2.45) is 0 Å². The Kier molecular flexibility index (Phi) is 6.90. The van der Waals surface area contributed by atoms with E-state index in [1.165, 1.54) is 71.3 Å². The Morgan fingerprint density at radius 2 is 0.836 bits per heavy atom. The van der Waals surface area contributed by atoms with Crippen LogP contribution in [0.25, 0.3) is 99.9 Å². The molecule has 1 heterocycles. The average molecular weight is 702 g/mol. The summed E-state index contributed by atoms with van der Waals surface area (Å²) in [5.41, 5.74) is 13.0. The Bertz CT molecular complexity index is 3020.